The molecule has 0 saturated carbocycles. The summed E-state index contributed by atoms with van der Waals surface area (Å²) in [5.74, 6) is -1.57. The van der Waals surface area contributed by atoms with Gasteiger partial charge in [0.2, 0.25) is 5.91 Å². The highest BCUT2D eigenvalue weighted by atomic mass is 32.2. The fourth-order valence-electron chi connectivity index (χ4n) is 2.26. The van der Waals surface area contributed by atoms with Crippen LogP contribution < -0.4 is 0 Å². The van der Waals surface area contributed by atoms with E-state index in [1.807, 2.05) is 0 Å². The van der Waals surface area contributed by atoms with Gasteiger partial charge in [-0.25, -0.2) is 4.79 Å². The van der Waals surface area contributed by atoms with Gasteiger partial charge in [0.25, 0.3) is 0 Å². The van der Waals surface area contributed by atoms with E-state index in [9.17, 15) is 14.4 Å². The molecule has 1 amide bonds. The van der Waals surface area contributed by atoms with Gasteiger partial charge in [-0.3, -0.25) is 9.59 Å². The zero-order chi connectivity index (χ0) is 16.3. The third-order valence-electron chi connectivity index (χ3n) is 3.64. The number of aliphatic carboxylic acids is 1. The molecule has 7 heteroatoms. The molecule has 1 aliphatic rings. The highest BCUT2D eigenvalue weighted by molar-refractivity contribution is 7.99. The van der Waals surface area contributed by atoms with Gasteiger partial charge in [0.05, 0.1) is 17.0 Å². The smallest absolute Gasteiger partial charge is 0.327 e. The molecule has 1 N–H and O–H groups in total. The Morgan fingerprint density at radius 3 is 2.55 bits per heavy atom. The van der Waals surface area contributed by atoms with Crippen molar-refractivity contribution in [2.24, 2.45) is 5.92 Å². The zero-order valence-electron chi connectivity index (χ0n) is 12.0. The second kappa shape index (κ2) is 7.19. The molecule has 1 aromatic carbocycles. The van der Waals surface area contributed by atoms with E-state index in [1.54, 1.807) is 37.3 Å². The zero-order valence-corrected chi connectivity index (χ0v) is 13.7. The Kier molecular flexibility index (Phi) is 5.52. The normalized spacial score (nSPS) is 20.5. The molecule has 0 bridgehead atoms. The molecule has 0 aromatic heterocycles. The standard InChI is InChI=1S/C15H17NO4S2/c1-9(13(21)12(17)10-5-3-2-4-6-10)14(18)16-8-22-7-11(16)15(19)20/h2-6,9,11,13,21H,7-8H2,1H3,(H,19,20)/t9-,11+,13?/m1/s1. The van der Waals surface area contributed by atoms with Gasteiger partial charge in [0.1, 0.15) is 6.04 Å². The third kappa shape index (κ3) is 3.47. The number of amides is 1. The van der Waals surface area contributed by atoms with Crippen molar-refractivity contribution in [2.75, 3.05) is 11.6 Å². The van der Waals surface area contributed by atoms with Crippen molar-refractivity contribution in [2.45, 2.75) is 18.2 Å². The van der Waals surface area contributed by atoms with E-state index >= 15 is 0 Å². The van der Waals surface area contributed by atoms with Gasteiger partial charge >= 0.3 is 5.97 Å². The lowest BCUT2D eigenvalue weighted by Gasteiger charge is -2.26. The number of carboxylic acid groups (broad SMARTS) is 1. The number of rotatable bonds is 5. The minimum absolute atomic E-state index is 0.233. The predicted octanol–water partition coefficient (Wildman–Crippen LogP) is 1.79. The fourth-order valence-corrected chi connectivity index (χ4v) is 3.69. The first kappa shape index (κ1) is 16.9. The minimum atomic E-state index is -1.02. The Hall–Kier alpha value is -1.47. The van der Waals surface area contributed by atoms with Crippen LogP contribution >= 0.6 is 24.4 Å². The maximum atomic E-state index is 12.5. The van der Waals surface area contributed by atoms with Gasteiger partial charge < -0.3 is 10.0 Å². The first-order valence-electron chi connectivity index (χ1n) is 6.82. The highest BCUT2D eigenvalue weighted by Gasteiger charge is 2.39. The number of thiol groups is 1. The van der Waals surface area contributed by atoms with E-state index < -0.39 is 23.2 Å². The van der Waals surface area contributed by atoms with Gasteiger partial charge in [-0.05, 0) is 0 Å². The van der Waals surface area contributed by atoms with Gasteiger partial charge in [-0.15, -0.1) is 11.8 Å². The molecule has 1 aromatic rings. The SMILES string of the molecule is C[C@@H](C(=O)N1CSC[C@H]1C(=O)O)C(S)C(=O)c1ccccc1. The molecule has 1 heterocycles. The molecule has 22 heavy (non-hydrogen) atoms. The topological polar surface area (TPSA) is 74.7 Å². The maximum Gasteiger partial charge on any atom is 0.327 e. The summed E-state index contributed by atoms with van der Waals surface area (Å²) in [5.41, 5.74) is 0.493. The first-order chi connectivity index (χ1) is 10.4. The third-order valence-corrected chi connectivity index (χ3v) is 5.33. The second-order valence-corrected chi connectivity index (χ2v) is 6.68. The number of hydrogen-bond acceptors (Lipinski definition) is 5. The fraction of sp³-hybridized carbons (Fsp3) is 0.400. The van der Waals surface area contributed by atoms with Crippen molar-refractivity contribution in [1.82, 2.24) is 4.90 Å². The summed E-state index contributed by atoms with van der Waals surface area (Å²) in [6.07, 6.45) is 0. The summed E-state index contributed by atoms with van der Waals surface area (Å²) in [7, 11) is 0. The van der Waals surface area contributed by atoms with E-state index in [2.05, 4.69) is 12.6 Å². The van der Waals surface area contributed by atoms with Crippen LogP contribution in [0, 0.1) is 5.92 Å². The quantitative estimate of drug-likeness (QED) is 0.632. The monoisotopic (exact) mass is 339 g/mol. The molecule has 5 nitrogen and oxygen atoms in total. The summed E-state index contributed by atoms with van der Waals surface area (Å²) in [6.45, 7) is 1.61. The summed E-state index contributed by atoms with van der Waals surface area (Å²) < 4.78 is 0. The number of Topliss-reactive ketones (excluding diaryl/α,β-unsaturated/α-hetero) is 1. The Balaban J connectivity index is 2.10. The van der Waals surface area contributed by atoms with E-state index in [1.165, 1.54) is 16.7 Å². The summed E-state index contributed by atoms with van der Waals surface area (Å²) in [4.78, 5) is 37.3. The lowest BCUT2D eigenvalue weighted by atomic mass is 9.97. The average Bonchev–Trinajstić information content (AvgIpc) is 3.02. The highest BCUT2D eigenvalue weighted by Crippen LogP contribution is 2.26. The summed E-state index contributed by atoms with van der Waals surface area (Å²) in [5, 5.41) is 8.35. The van der Waals surface area contributed by atoms with E-state index in [0.29, 0.717) is 17.2 Å². The van der Waals surface area contributed by atoms with Crippen LogP contribution in [0.15, 0.2) is 30.3 Å². The Bertz CT molecular complexity index is 578. The number of carboxylic acids is 1. The van der Waals surface area contributed by atoms with E-state index in [4.69, 9.17) is 5.11 Å². The number of hydrogen-bond donors (Lipinski definition) is 2. The maximum absolute atomic E-state index is 12.5. The molecule has 1 saturated heterocycles. The molecular formula is C15H17NO4S2. The van der Waals surface area contributed by atoms with Crippen LogP contribution in [0.3, 0.4) is 0 Å². The number of carbonyl (C=O) groups excluding carboxylic acids is 2. The molecule has 1 unspecified atom stereocenters. The molecule has 2 rings (SSSR count). The van der Waals surface area contributed by atoms with Crippen LogP contribution in [-0.4, -0.2) is 50.6 Å². The molecule has 0 radical (unpaired) electrons. The Labute approximate surface area is 138 Å². The molecule has 0 aliphatic carbocycles. The van der Waals surface area contributed by atoms with Crippen molar-refractivity contribution in [1.29, 1.82) is 0 Å². The van der Waals surface area contributed by atoms with Gasteiger partial charge in [0.15, 0.2) is 5.78 Å². The van der Waals surface area contributed by atoms with Crippen molar-refractivity contribution in [3.05, 3.63) is 35.9 Å². The van der Waals surface area contributed by atoms with Crippen molar-refractivity contribution in [3.8, 4) is 0 Å². The largest absolute Gasteiger partial charge is 0.480 e. The number of nitrogens with zero attached hydrogens (tertiary/aromatic N) is 1. The van der Waals surface area contributed by atoms with Crippen LogP contribution in [-0.2, 0) is 9.59 Å². The van der Waals surface area contributed by atoms with Gasteiger partial charge in [0, 0.05) is 11.3 Å². The molecule has 1 aliphatic heterocycles. The Morgan fingerprint density at radius 1 is 1.32 bits per heavy atom. The van der Waals surface area contributed by atoms with Gasteiger partial charge in [-0.2, -0.15) is 12.6 Å². The van der Waals surface area contributed by atoms with E-state index in [0.717, 1.165) is 0 Å². The van der Waals surface area contributed by atoms with Gasteiger partial charge in [-0.1, -0.05) is 37.3 Å². The molecular weight excluding hydrogens is 322 g/mol. The Morgan fingerprint density at radius 2 is 1.95 bits per heavy atom. The minimum Gasteiger partial charge on any atom is -0.480 e. The van der Waals surface area contributed by atoms with Crippen molar-refractivity contribution in [3.63, 3.8) is 0 Å². The first-order valence-corrected chi connectivity index (χ1v) is 8.49. The molecule has 3 atom stereocenters. The summed E-state index contributed by atoms with van der Waals surface area (Å²) >= 11 is 5.69. The number of benzene rings is 1. The number of thioether (sulfide) groups is 1. The molecule has 0 spiro atoms. The van der Waals surface area contributed by atoms with E-state index in [-0.39, 0.29) is 11.7 Å². The number of ketones is 1. The van der Waals surface area contributed by atoms with Crippen molar-refractivity contribution >= 4 is 42.1 Å². The average molecular weight is 339 g/mol. The van der Waals surface area contributed by atoms with Crippen molar-refractivity contribution < 1.29 is 19.5 Å². The second-order valence-electron chi connectivity index (χ2n) is 5.13. The number of carbonyl (C=O) groups is 3. The lowest BCUT2D eigenvalue weighted by molar-refractivity contribution is -0.149. The van der Waals surface area contributed by atoms with Crippen LogP contribution in [0.1, 0.15) is 17.3 Å². The van der Waals surface area contributed by atoms with Crippen LogP contribution in [0.25, 0.3) is 0 Å². The predicted molar refractivity (Wildman–Crippen MR) is 88.3 cm³/mol. The van der Waals surface area contributed by atoms with Crippen LogP contribution in [0.5, 0.6) is 0 Å². The molecule has 118 valence electrons. The lowest BCUT2D eigenvalue weighted by Crippen LogP contribution is -2.46. The summed E-state index contributed by atoms with van der Waals surface area (Å²) in [6, 6.07) is 7.82. The van der Waals surface area contributed by atoms with Crippen LogP contribution in [0.4, 0.5) is 0 Å². The molecule has 1 fully saturated rings. The van der Waals surface area contributed by atoms with Crippen LogP contribution in [0.2, 0.25) is 0 Å².